The molecule has 10 heteroatoms. The number of amides is 1. The van der Waals surface area contributed by atoms with E-state index in [1.165, 1.54) is 0 Å². The Balaban J connectivity index is 1.65. The van der Waals surface area contributed by atoms with Crippen LogP contribution in [0.15, 0.2) is 65.6 Å². The Hall–Kier alpha value is -3.30. The van der Waals surface area contributed by atoms with Gasteiger partial charge in [-0.05, 0) is 0 Å². The molecule has 3 N–H and O–H groups in total. The third-order valence-electron chi connectivity index (χ3n) is 5.01. The van der Waals surface area contributed by atoms with E-state index >= 15 is 0 Å². The molecule has 4 atom stereocenters. The fourth-order valence-corrected chi connectivity index (χ4v) is 5.25. The number of hydrogen-bond donors (Lipinski definition) is 2. The molecule has 9 nitrogen and oxygen atoms in total. The van der Waals surface area contributed by atoms with Crippen molar-refractivity contribution in [2.24, 2.45) is 5.73 Å². The van der Waals surface area contributed by atoms with Crippen molar-refractivity contribution in [3.05, 3.63) is 87.0 Å². The molecular weight excluding hydrogens is 495 g/mol. The molecule has 4 rings (SSSR count). The van der Waals surface area contributed by atoms with Crippen molar-refractivity contribution in [2.75, 3.05) is 6.61 Å². The van der Waals surface area contributed by atoms with Crippen molar-refractivity contribution in [1.29, 1.82) is 0 Å². The van der Waals surface area contributed by atoms with Crippen molar-refractivity contribution in [3.63, 3.8) is 0 Å². The summed E-state index contributed by atoms with van der Waals surface area (Å²) >= 11 is -0.398. The van der Waals surface area contributed by atoms with Gasteiger partial charge in [-0.3, -0.25) is 0 Å². The maximum atomic E-state index is 12.8. The van der Waals surface area contributed by atoms with Crippen LogP contribution in [0.1, 0.15) is 41.9 Å². The molecule has 2 heterocycles. The average Bonchev–Trinajstić information content (AvgIpc) is 3.46. The second-order valence-electron chi connectivity index (χ2n) is 7.18. The van der Waals surface area contributed by atoms with Gasteiger partial charge in [-0.15, -0.1) is 0 Å². The first-order valence-electron chi connectivity index (χ1n) is 10.0. The molecule has 0 aliphatic carbocycles. The van der Waals surface area contributed by atoms with E-state index in [4.69, 9.17) is 19.9 Å². The van der Waals surface area contributed by atoms with E-state index in [0.29, 0.717) is 15.7 Å². The van der Waals surface area contributed by atoms with Crippen LogP contribution in [-0.2, 0) is 14.2 Å². The first-order chi connectivity index (χ1) is 16.0. The quantitative estimate of drug-likeness (QED) is 0.353. The molecule has 1 amide bonds. The number of aromatic nitrogens is 1. The zero-order chi connectivity index (χ0) is 23.4. The van der Waals surface area contributed by atoms with E-state index in [-0.39, 0.29) is 5.69 Å². The van der Waals surface area contributed by atoms with Crippen molar-refractivity contribution >= 4 is 32.3 Å². The third kappa shape index (κ3) is 5.04. The average molecular weight is 515 g/mol. The zero-order valence-electron chi connectivity index (χ0n) is 17.2. The van der Waals surface area contributed by atoms with Gasteiger partial charge in [0.2, 0.25) is 0 Å². The fourth-order valence-electron chi connectivity index (χ4n) is 3.41. The normalized spacial score (nSPS) is 22.0. The van der Waals surface area contributed by atoms with Crippen LogP contribution in [0.5, 0.6) is 0 Å². The summed E-state index contributed by atoms with van der Waals surface area (Å²) in [7, 11) is 0. The first-order valence-corrected chi connectivity index (χ1v) is 11.9. The van der Waals surface area contributed by atoms with Gasteiger partial charge in [0.05, 0.1) is 0 Å². The SMILES string of the molecule is NC(=O)c1c[se]c([C@@H]2O[C@H](CO)[C@@H](OC(=O)c3ccccc3)[C@H]2OC(=O)c2ccccc2)n1. The fraction of sp³-hybridized carbons (Fsp3) is 0.217. The van der Waals surface area contributed by atoms with Gasteiger partial charge >= 0.3 is 195 Å². The molecule has 1 aliphatic rings. The van der Waals surface area contributed by atoms with Crippen LogP contribution in [0.4, 0.5) is 0 Å². The Labute approximate surface area is 194 Å². The van der Waals surface area contributed by atoms with Gasteiger partial charge in [0.15, 0.2) is 0 Å². The molecule has 0 radical (unpaired) electrons. The molecule has 2 aromatic carbocycles. The number of ether oxygens (including phenoxy) is 3. The summed E-state index contributed by atoms with van der Waals surface area (Å²) in [6, 6.07) is 16.6. The molecule has 33 heavy (non-hydrogen) atoms. The second kappa shape index (κ2) is 10.1. The number of primary amides is 1. The first kappa shape index (κ1) is 22.9. The molecule has 0 saturated carbocycles. The molecular formula is C23H20N2O7Se. The summed E-state index contributed by atoms with van der Waals surface area (Å²) in [6.45, 7) is -0.487. The monoisotopic (exact) mass is 516 g/mol. The molecule has 1 fully saturated rings. The Kier molecular flexibility index (Phi) is 7.00. The zero-order valence-corrected chi connectivity index (χ0v) is 18.9. The molecule has 0 unspecified atom stereocenters. The van der Waals surface area contributed by atoms with Crippen LogP contribution in [0, 0.1) is 0 Å². The van der Waals surface area contributed by atoms with Gasteiger partial charge in [-0.1, -0.05) is 0 Å². The summed E-state index contributed by atoms with van der Waals surface area (Å²) in [4.78, 5) is 42.9. The Morgan fingerprint density at radius 1 is 0.939 bits per heavy atom. The van der Waals surface area contributed by atoms with Crippen molar-refractivity contribution in [2.45, 2.75) is 24.4 Å². The van der Waals surface area contributed by atoms with E-state index in [1.54, 1.807) is 65.6 Å². The van der Waals surface area contributed by atoms with Crippen LogP contribution in [0.2, 0.25) is 0 Å². The molecule has 0 spiro atoms. The molecule has 1 aromatic heterocycles. The van der Waals surface area contributed by atoms with Gasteiger partial charge in [-0.25, -0.2) is 0 Å². The molecule has 1 saturated heterocycles. The Morgan fingerprint density at radius 3 is 1.97 bits per heavy atom. The summed E-state index contributed by atoms with van der Waals surface area (Å²) in [5.74, 6) is -1.99. The van der Waals surface area contributed by atoms with Crippen LogP contribution in [0.25, 0.3) is 0 Å². The molecule has 3 aromatic rings. The standard InChI is InChI=1S/C23H20N2O7Se/c24-20(27)15-12-33-21(25-15)19-18(32-23(29)14-9-5-2-6-10-14)17(16(11-26)30-19)31-22(28)13-7-3-1-4-8-13/h1-10,12,16-19,26H,11H2,(H2,24,27)/t16-,17-,18-,19-/m1/s1. The predicted octanol–water partition coefficient (Wildman–Crippen LogP) is 1.12. The van der Waals surface area contributed by atoms with Gasteiger partial charge < -0.3 is 0 Å². The summed E-state index contributed by atoms with van der Waals surface area (Å²) in [5, 5.41) is 9.91. The van der Waals surface area contributed by atoms with Crippen molar-refractivity contribution in [1.82, 2.24) is 4.98 Å². The minimum absolute atomic E-state index is 0.0898. The van der Waals surface area contributed by atoms with E-state index < -0.39 is 63.4 Å². The Morgan fingerprint density at radius 2 is 1.48 bits per heavy atom. The number of aliphatic hydroxyl groups is 1. The number of carbonyl (C=O) groups excluding carboxylic acids is 3. The summed E-state index contributed by atoms with van der Waals surface area (Å²) in [5.41, 5.74) is 6.01. The maximum absolute atomic E-state index is 12.8. The van der Waals surface area contributed by atoms with Gasteiger partial charge in [0.25, 0.3) is 0 Å². The van der Waals surface area contributed by atoms with Gasteiger partial charge in [-0.2, -0.15) is 0 Å². The second-order valence-corrected chi connectivity index (χ2v) is 9.05. The van der Waals surface area contributed by atoms with E-state index in [1.807, 2.05) is 0 Å². The minimum atomic E-state index is -1.10. The predicted molar refractivity (Wildman–Crippen MR) is 116 cm³/mol. The van der Waals surface area contributed by atoms with Crippen LogP contribution < -0.4 is 5.73 Å². The summed E-state index contributed by atoms with van der Waals surface area (Å²) < 4.78 is 17.8. The van der Waals surface area contributed by atoms with E-state index in [0.717, 1.165) is 0 Å². The topological polar surface area (TPSA) is 138 Å². The van der Waals surface area contributed by atoms with Crippen LogP contribution in [0.3, 0.4) is 0 Å². The van der Waals surface area contributed by atoms with Crippen LogP contribution >= 0.6 is 0 Å². The Bertz CT molecular complexity index is 1140. The molecule has 1 aliphatic heterocycles. The van der Waals surface area contributed by atoms with Crippen molar-refractivity contribution < 1.29 is 33.7 Å². The van der Waals surface area contributed by atoms with Gasteiger partial charge in [0, 0.05) is 0 Å². The number of aliphatic hydroxyl groups excluding tert-OH is 1. The van der Waals surface area contributed by atoms with Gasteiger partial charge in [0.1, 0.15) is 0 Å². The number of hydrogen-bond acceptors (Lipinski definition) is 8. The number of nitrogens with two attached hydrogens (primary N) is 1. The van der Waals surface area contributed by atoms with E-state index in [9.17, 15) is 19.5 Å². The molecule has 0 bridgehead atoms. The number of nitrogens with zero attached hydrogens (tertiary/aromatic N) is 1. The number of carbonyl (C=O) groups is 3. The van der Waals surface area contributed by atoms with E-state index in [2.05, 4.69) is 4.98 Å². The number of esters is 2. The number of benzene rings is 2. The molecule has 170 valence electrons. The van der Waals surface area contributed by atoms with Crippen LogP contribution in [-0.4, -0.2) is 67.4 Å². The van der Waals surface area contributed by atoms with Crippen molar-refractivity contribution in [3.8, 4) is 0 Å². The third-order valence-corrected chi connectivity index (χ3v) is 6.91. The summed E-state index contributed by atoms with van der Waals surface area (Å²) in [6.07, 6.45) is -4.08. The number of rotatable bonds is 7.